The lowest BCUT2D eigenvalue weighted by molar-refractivity contribution is 0.0177. The van der Waals surface area contributed by atoms with Crippen molar-refractivity contribution in [3.8, 4) is 11.5 Å². The predicted molar refractivity (Wildman–Crippen MR) is 96.5 cm³/mol. The van der Waals surface area contributed by atoms with Crippen molar-refractivity contribution < 1.29 is 19.0 Å². The first-order chi connectivity index (χ1) is 11.8. The topological polar surface area (TPSA) is 68.9 Å². The molecule has 0 aliphatic carbocycles. The number of aliphatic hydroxyl groups is 1. The van der Waals surface area contributed by atoms with Crippen molar-refractivity contribution in [2.24, 2.45) is 5.92 Å². The lowest BCUT2D eigenvalue weighted by Gasteiger charge is -2.34. The van der Waals surface area contributed by atoms with Crippen LogP contribution in [0.2, 0.25) is 0 Å². The molecule has 0 fully saturated rings. The molecule has 2 heterocycles. The van der Waals surface area contributed by atoms with E-state index in [4.69, 9.17) is 13.9 Å². The molecule has 3 rings (SSSR count). The molecule has 1 aliphatic heterocycles. The number of hydrogen-bond acceptors (Lipinski definition) is 5. The highest BCUT2D eigenvalue weighted by atomic mass is 16.5. The lowest BCUT2D eigenvalue weighted by Crippen LogP contribution is -2.32. The summed E-state index contributed by atoms with van der Waals surface area (Å²) < 4.78 is 17.5. The molecular weight excluding hydrogens is 320 g/mol. The average Bonchev–Trinajstić information content (AvgIpc) is 2.51. The summed E-state index contributed by atoms with van der Waals surface area (Å²) in [4.78, 5) is 12.1. The van der Waals surface area contributed by atoms with Crippen LogP contribution in [0.5, 0.6) is 11.5 Å². The van der Waals surface area contributed by atoms with Crippen LogP contribution in [0.4, 0.5) is 0 Å². The van der Waals surface area contributed by atoms with E-state index in [-0.39, 0.29) is 18.1 Å². The Kier molecular flexibility index (Phi) is 4.78. The molecule has 0 bridgehead atoms. The maximum Gasteiger partial charge on any atom is 0.336 e. The lowest BCUT2D eigenvalue weighted by atomic mass is 9.88. The number of fused-ring (bicyclic) bond motifs is 3. The van der Waals surface area contributed by atoms with Crippen LogP contribution in [-0.4, -0.2) is 17.3 Å². The Morgan fingerprint density at radius 3 is 2.64 bits per heavy atom. The zero-order valence-corrected chi connectivity index (χ0v) is 15.5. The minimum atomic E-state index is -0.755. The average molecular weight is 346 g/mol. The molecular formula is C20H26O5. The van der Waals surface area contributed by atoms with Crippen LogP contribution in [0.1, 0.15) is 58.3 Å². The van der Waals surface area contributed by atoms with Gasteiger partial charge in [0.25, 0.3) is 0 Å². The summed E-state index contributed by atoms with van der Waals surface area (Å²) in [5.74, 6) is 1.05. The molecule has 5 nitrogen and oxygen atoms in total. The molecule has 3 atom stereocenters. The number of ether oxygens (including phenoxy) is 2. The van der Waals surface area contributed by atoms with E-state index >= 15 is 0 Å². The highest BCUT2D eigenvalue weighted by Crippen LogP contribution is 2.46. The number of hydrogen-bond donors (Lipinski definition) is 1. The smallest absolute Gasteiger partial charge is 0.336 e. The van der Waals surface area contributed by atoms with Crippen LogP contribution in [0.25, 0.3) is 11.0 Å². The minimum Gasteiger partial charge on any atom is -0.490 e. The Balaban J connectivity index is 2.38. The van der Waals surface area contributed by atoms with Gasteiger partial charge in [-0.1, -0.05) is 20.3 Å². The van der Waals surface area contributed by atoms with E-state index in [1.807, 2.05) is 33.8 Å². The molecule has 0 saturated heterocycles. The number of aliphatic hydroxyl groups excluding tert-OH is 1. The van der Waals surface area contributed by atoms with Crippen LogP contribution in [-0.2, 0) is 6.42 Å². The number of benzene rings is 1. The maximum atomic E-state index is 12.1. The molecule has 136 valence electrons. The van der Waals surface area contributed by atoms with Crippen LogP contribution in [0.3, 0.4) is 0 Å². The first-order valence-corrected chi connectivity index (χ1v) is 8.98. The minimum absolute atomic E-state index is 0.0347. The SMILES string of the molecule is CCCc1cc(=O)oc2c3c(cc(OC(C)C)c12)O[C@@H](C)[C@@H](C)[C@H]3O. The van der Waals surface area contributed by atoms with Crippen molar-refractivity contribution in [1.29, 1.82) is 0 Å². The molecule has 0 unspecified atom stereocenters. The van der Waals surface area contributed by atoms with Gasteiger partial charge in [-0.25, -0.2) is 4.79 Å². The van der Waals surface area contributed by atoms with E-state index < -0.39 is 11.7 Å². The zero-order valence-electron chi connectivity index (χ0n) is 15.5. The Bertz CT molecular complexity index is 836. The van der Waals surface area contributed by atoms with Gasteiger partial charge in [-0.05, 0) is 32.8 Å². The summed E-state index contributed by atoms with van der Waals surface area (Å²) in [7, 11) is 0. The third kappa shape index (κ3) is 3.13. The fraction of sp³-hybridized carbons (Fsp3) is 0.550. The van der Waals surface area contributed by atoms with Crippen LogP contribution in [0, 0.1) is 5.92 Å². The Morgan fingerprint density at radius 1 is 1.28 bits per heavy atom. The summed E-state index contributed by atoms with van der Waals surface area (Å²) >= 11 is 0. The molecule has 0 saturated carbocycles. The molecule has 25 heavy (non-hydrogen) atoms. The van der Waals surface area contributed by atoms with Gasteiger partial charge in [0.05, 0.1) is 23.2 Å². The molecule has 0 amide bonds. The van der Waals surface area contributed by atoms with Gasteiger partial charge < -0.3 is 19.0 Å². The molecule has 1 N–H and O–H groups in total. The van der Waals surface area contributed by atoms with Gasteiger partial charge in [-0.15, -0.1) is 0 Å². The van der Waals surface area contributed by atoms with Crippen LogP contribution in [0.15, 0.2) is 21.3 Å². The molecule has 0 radical (unpaired) electrons. The van der Waals surface area contributed by atoms with Crippen molar-refractivity contribution in [3.05, 3.63) is 33.7 Å². The van der Waals surface area contributed by atoms with Crippen molar-refractivity contribution in [2.75, 3.05) is 0 Å². The van der Waals surface area contributed by atoms with Crippen LogP contribution < -0.4 is 15.1 Å². The summed E-state index contributed by atoms with van der Waals surface area (Å²) in [5, 5.41) is 11.6. The van der Waals surface area contributed by atoms with Gasteiger partial charge in [0.15, 0.2) is 5.58 Å². The monoisotopic (exact) mass is 346 g/mol. The summed E-state index contributed by atoms with van der Waals surface area (Å²) in [6, 6.07) is 3.34. The second kappa shape index (κ2) is 6.71. The quantitative estimate of drug-likeness (QED) is 0.848. The summed E-state index contributed by atoms with van der Waals surface area (Å²) in [6.07, 6.45) is 0.695. The van der Waals surface area contributed by atoms with Crippen molar-refractivity contribution in [1.82, 2.24) is 0 Å². The van der Waals surface area contributed by atoms with Crippen LogP contribution >= 0.6 is 0 Å². The normalized spacial score (nSPS) is 22.8. The van der Waals surface area contributed by atoms with Gasteiger partial charge in [0, 0.05) is 18.1 Å². The van der Waals surface area contributed by atoms with E-state index in [1.165, 1.54) is 6.07 Å². The first-order valence-electron chi connectivity index (χ1n) is 8.98. The third-order valence-corrected chi connectivity index (χ3v) is 4.79. The van der Waals surface area contributed by atoms with Gasteiger partial charge in [0.2, 0.25) is 0 Å². The van der Waals surface area contributed by atoms with Gasteiger partial charge in [-0.3, -0.25) is 0 Å². The molecule has 5 heteroatoms. The highest BCUT2D eigenvalue weighted by Gasteiger charge is 2.36. The largest absolute Gasteiger partial charge is 0.490 e. The number of rotatable bonds is 4. The zero-order chi connectivity index (χ0) is 18.3. The van der Waals surface area contributed by atoms with Gasteiger partial charge in [0.1, 0.15) is 17.6 Å². The Morgan fingerprint density at radius 2 is 2.00 bits per heavy atom. The highest BCUT2D eigenvalue weighted by molar-refractivity contribution is 5.91. The molecule has 2 aromatic rings. The maximum absolute atomic E-state index is 12.1. The second-order valence-corrected chi connectivity index (χ2v) is 7.12. The van der Waals surface area contributed by atoms with E-state index in [2.05, 4.69) is 6.92 Å². The van der Waals surface area contributed by atoms with E-state index in [9.17, 15) is 9.90 Å². The summed E-state index contributed by atoms with van der Waals surface area (Å²) in [5.41, 5.74) is 1.39. The van der Waals surface area contributed by atoms with Crippen molar-refractivity contribution >= 4 is 11.0 Å². The van der Waals surface area contributed by atoms with Gasteiger partial charge in [-0.2, -0.15) is 0 Å². The fourth-order valence-electron chi connectivity index (χ4n) is 3.40. The Hall–Kier alpha value is -2.01. The Labute approximate surface area is 147 Å². The van der Waals surface area contributed by atoms with E-state index in [0.29, 0.717) is 22.6 Å². The standard InChI is InChI=1S/C20H26O5/c1-6-7-13-8-16(21)25-20-17(13)14(23-10(2)3)9-15-18(20)19(22)11(4)12(5)24-15/h8-12,19,22H,6-7H2,1-5H3/t11-,12+,19-/m1/s1. The van der Waals surface area contributed by atoms with Gasteiger partial charge >= 0.3 is 5.63 Å². The number of aryl methyl sites for hydroxylation is 1. The molecule has 1 aromatic heterocycles. The summed E-state index contributed by atoms with van der Waals surface area (Å²) in [6.45, 7) is 9.81. The molecule has 1 aromatic carbocycles. The van der Waals surface area contributed by atoms with E-state index in [1.54, 1.807) is 0 Å². The molecule has 1 aliphatic rings. The van der Waals surface area contributed by atoms with E-state index in [0.717, 1.165) is 23.8 Å². The van der Waals surface area contributed by atoms with Crippen molar-refractivity contribution in [3.63, 3.8) is 0 Å². The molecule has 0 spiro atoms. The van der Waals surface area contributed by atoms with Crippen molar-refractivity contribution in [2.45, 2.75) is 65.8 Å². The second-order valence-electron chi connectivity index (χ2n) is 7.12. The fourth-order valence-corrected chi connectivity index (χ4v) is 3.40. The predicted octanol–water partition coefficient (Wildman–Crippen LogP) is 3.98. The third-order valence-electron chi connectivity index (χ3n) is 4.79. The first kappa shape index (κ1) is 17.8.